The molecule has 0 aliphatic heterocycles. The van der Waals surface area contributed by atoms with Gasteiger partial charge in [0.2, 0.25) is 0 Å². The first kappa shape index (κ1) is 78.6. The molecule has 0 spiro atoms. The Morgan fingerprint density at radius 2 is 0.783 bits per heavy atom. The number of hydrogen-bond acceptors (Lipinski definition) is 0. The van der Waals surface area contributed by atoms with Crippen LogP contribution in [-0.2, 0) is 0 Å². The Morgan fingerprint density at radius 3 is 1.10 bits per heavy atom. The maximum atomic E-state index is 4.21. The molecule has 0 aromatic rings. The quantitative estimate of drug-likeness (QED) is 0.246. The second-order valence-corrected chi connectivity index (χ2v) is 42.2. The average molecular weight is 1160 g/mol. The van der Waals surface area contributed by atoms with Crippen molar-refractivity contribution in [2.75, 3.05) is 0 Å². The zero-order valence-corrected chi connectivity index (χ0v) is 64.5. The van der Waals surface area contributed by atoms with Gasteiger partial charge in [0.1, 0.15) is 0 Å². The van der Waals surface area contributed by atoms with E-state index in [1.54, 1.807) is 0 Å². The zero-order chi connectivity index (χ0) is 65.3. The molecule has 6 aliphatic carbocycles. The Hall–Kier alpha value is -0.520. The summed E-state index contributed by atoms with van der Waals surface area (Å²) in [7, 11) is 0. The molecule has 16 atom stereocenters. The molecule has 16 unspecified atom stereocenters. The molecule has 0 heterocycles. The summed E-state index contributed by atoms with van der Waals surface area (Å²) < 4.78 is 0. The number of fused-ring (bicyclic) bond motifs is 2. The normalized spacial score (nSPS) is 35.1. The monoisotopic (exact) mass is 1160 g/mol. The molecule has 0 heteroatoms. The number of allylic oxidation sites excluding steroid dienone is 2. The summed E-state index contributed by atoms with van der Waals surface area (Å²) in [4.78, 5) is 0. The van der Waals surface area contributed by atoms with Crippen molar-refractivity contribution < 1.29 is 0 Å². The maximum Gasteiger partial charge on any atom is -0.0205 e. The van der Waals surface area contributed by atoms with Crippen molar-refractivity contribution in [3.05, 3.63) is 24.8 Å². The topological polar surface area (TPSA) is 0 Å². The largest absolute Gasteiger partial charge is 0.103 e. The molecule has 0 aromatic carbocycles. The minimum absolute atomic E-state index is 0.380. The van der Waals surface area contributed by atoms with Gasteiger partial charge in [-0.3, -0.25) is 0 Å². The van der Waals surface area contributed by atoms with Crippen LogP contribution in [-0.4, -0.2) is 0 Å². The van der Waals surface area contributed by atoms with Crippen LogP contribution < -0.4 is 0 Å². The minimum Gasteiger partial charge on any atom is -0.103 e. The molecule has 0 N–H and O–H groups in total. The summed E-state index contributed by atoms with van der Waals surface area (Å²) in [5, 5.41) is 0. The smallest absolute Gasteiger partial charge is 0.0205 e. The van der Waals surface area contributed by atoms with Crippen molar-refractivity contribution in [2.24, 2.45) is 154 Å². The maximum absolute atomic E-state index is 4.21. The van der Waals surface area contributed by atoms with E-state index in [4.69, 9.17) is 0 Å². The van der Waals surface area contributed by atoms with Crippen LogP contribution in [0.1, 0.15) is 352 Å². The summed E-state index contributed by atoms with van der Waals surface area (Å²) >= 11 is 0. The molecule has 6 fully saturated rings. The summed E-state index contributed by atoms with van der Waals surface area (Å²) in [5.41, 5.74) is 6.78. The molecule has 2 bridgehead atoms. The van der Waals surface area contributed by atoms with Gasteiger partial charge in [0.15, 0.2) is 0 Å². The summed E-state index contributed by atoms with van der Waals surface area (Å²) in [6.45, 7) is 95.7. The fourth-order valence-corrected chi connectivity index (χ4v) is 19.9. The first-order valence-corrected chi connectivity index (χ1v) is 36.1. The molecular weight excluding hydrogens is 997 g/mol. The van der Waals surface area contributed by atoms with Gasteiger partial charge in [-0.05, 0) is 251 Å². The average Bonchev–Trinajstić information content (AvgIpc) is 3.93. The minimum atomic E-state index is 0.380. The van der Waals surface area contributed by atoms with E-state index in [0.717, 1.165) is 88.8 Å². The van der Waals surface area contributed by atoms with Crippen LogP contribution in [0.3, 0.4) is 0 Å². The molecule has 6 saturated carbocycles. The third kappa shape index (κ3) is 21.0. The van der Waals surface area contributed by atoms with E-state index in [0.29, 0.717) is 65.0 Å². The van der Waals surface area contributed by atoms with Crippen molar-refractivity contribution >= 4 is 0 Å². The van der Waals surface area contributed by atoms with Crippen molar-refractivity contribution in [3.8, 4) is 0 Å². The second-order valence-electron chi connectivity index (χ2n) is 42.2. The van der Waals surface area contributed by atoms with Gasteiger partial charge in [-0.25, -0.2) is 0 Å². The van der Waals surface area contributed by atoms with E-state index in [1.807, 2.05) is 0 Å². The third-order valence-electron chi connectivity index (χ3n) is 25.9. The Bertz CT molecular complexity index is 1900. The fraction of sp³-hybridized carbons (Fsp3) is 0.952. The van der Waals surface area contributed by atoms with Gasteiger partial charge in [0.05, 0.1) is 0 Å². The van der Waals surface area contributed by atoms with Crippen molar-refractivity contribution in [2.45, 2.75) is 352 Å². The highest BCUT2D eigenvalue weighted by Crippen LogP contribution is 2.64. The van der Waals surface area contributed by atoms with Crippen LogP contribution in [0.15, 0.2) is 24.8 Å². The molecule has 0 radical (unpaired) electrons. The number of hydrogen-bond donors (Lipinski definition) is 0. The van der Waals surface area contributed by atoms with Gasteiger partial charge in [0, 0.05) is 0 Å². The van der Waals surface area contributed by atoms with Gasteiger partial charge >= 0.3 is 0 Å². The van der Waals surface area contributed by atoms with Crippen LogP contribution in [0.5, 0.6) is 0 Å². The molecule has 0 aromatic heterocycles. The van der Waals surface area contributed by atoms with Crippen molar-refractivity contribution in [1.29, 1.82) is 0 Å². The number of rotatable bonds is 4. The lowest BCUT2D eigenvalue weighted by molar-refractivity contribution is -0.0787. The van der Waals surface area contributed by atoms with Crippen LogP contribution in [0, 0.1) is 154 Å². The Morgan fingerprint density at radius 1 is 0.422 bits per heavy atom. The van der Waals surface area contributed by atoms with Gasteiger partial charge in [-0.1, -0.05) is 273 Å². The highest BCUT2D eigenvalue weighted by atomic mass is 14.6. The van der Waals surface area contributed by atoms with E-state index in [9.17, 15) is 0 Å². The first-order chi connectivity index (χ1) is 36.8. The summed E-state index contributed by atoms with van der Waals surface area (Å²) in [6.07, 6.45) is 24.8. The molecule has 83 heavy (non-hydrogen) atoms. The first-order valence-electron chi connectivity index (χ1n) is 36.1. The predicted molar refractivity (Wildman–Crippen MR) is 379 cm³/mol. The molecule has 6 rings (SSSR count). The molecule has 492 valence electrons. The van der Waals surface area contributed by atoms with Crippen LogP contribution in [0.4, 0.5) is 0 Å². The van der Waals surface area contributed by atoms with Gasteiger partial charge in [-0.2, -0.15) is 0 Å². The third-order valence-corrected chi connectivity index (χ3v) is 25.9. The van der Waals surface area contributed by atoms with Crippen LogP contribution in [0.2, 0.25) is 0 Å². The molecule has 0 amide bonds. The van der Waals surface area contributed by atoms with E-state index in [1.165, 1.54) is 108 Å². The Labute approximate surface area is 527 Å². The van der Waals surface area contributed by atoms with Gasteiger partial charge < -0.3 is 0 Å². The lowest BCUT2D eigenvalue weighted by Crippen LogP contribution is -2.49. The van der Waals surface area contributed by atoms with Crippen LogP contribution >= 0.6 is 0 Å². The van der Waals surface area contributed by atoms with Crippen molar-refractivity contribution in [1.82, 2.24) is 0 Å². The summed E-state index contributed by atoms with van der Waals surface area (Å²) in [6, 6.07) is 0. The molecular formula is C83H160. The zero-order valence-electron chi connectivity index (χ0n) is 64.5. The van der Waals surface area contributed by atoms with Gasteiger partial charge in [0.25, 0.3) is 0 Å². The molecule has 6 aliphatic rings. The van der Waals surface area contributed by atoms with E-state index >= 15 is 0 Å². The van der Waals surface area contributed by atoms with E-state index in [2.05, 4.69) is 268 Å². The van der Waals surface area contributed by atoms with Crippen LogP contribution in [0.25, 0.3) is 0 Å². The lowest BCUT2D eigenvalue weighted by atomic mass is 9.48. The van der Waals surface area contributed by atoms with Crippen molar-refractivity contribution in [3.63, 3.8) is 0 Å². The van der Waals surface area contributed by atoms with E-state index in [-0.39, 0.29) is 0 Å². The van der Waals surface area contributed by atoms with E-state index < -0.39 is 0 Å². The lowest BCUT2D eigenvalue weighted by Gasteiger charge is -2.57. The standard InChI is InChI=1S/C18H36.C18H34.C16H32.C16H30.C15H28/c2*1-13(2)14-10-11-18(9,17(6,7)8)15(12-14)16(3,4)5;2*1-8-12-9-10-13(15(2,3)4)14(11-12)16(5,6)7;1-14(2,3)12-10-7-8-11(9-10)13(12)15(4,5)6/h13-15H,10-12H2,1-9H3;14-15H,1,10-12H2,2-9H3;12-14H,8-11H2,1-7H3;8,12-14H,1,9-11H2,2-7H3;10-13H,7-9H2,1-6H3. The second kappa shape index (κ2) is 28.3. The summed E-state index contributed by atoms with van der Waals surface area (Å²) in [5.74, 6) is 13.4. The highest BCUT2D eigenvalue weighted by Gasteiger charge is 2.56. The van der Waals surface area contributed by atoms with Gasteiger partial charge in [-0.15, -0.1) is 6.58 Å². The Kier molecular flexibility index (Phi) is 26.8. The molecule has 0 saturated heterocycles. The molecule has 0 nitrogen and oxygen atoms in total. The highest BCUT2D eigenvalue weighted by molar-refractivity contribution is 5.08. The SMILES string of the molecule is C=C(C)C1CCC(C)(C(C)(C)C)C(C(C)(C)C)C1.C=CC1CCC(C(C)(C)C)C(C(C)(C)C)C1.CC(C)(C)C1C2CCC(C2)C1C(C)(C)C.CC(C)C1CCC(C)(C(C)(C)C)C(C(C)(C)C)C1.CCC1CCC(C(C)(C)C)C(C(C)(C)C)C1. The Balaban J connectivity index is 0.000000355. The predicted octanol–water partition coefficient (Wildman–Crippen LogP) is 27.8. The fourth-order valence-electron chi connectivity index (χ4n) is 19.9.